The maximum atomic E-state index is 7.24. The minimum Gasteiger partial charge on any atom is -0.386 e. The standard InChI is InChI=1S/C6H13N3S/c1-9-2-3-10-4-5(9)6(7)8/h5H,2-4H2,1H3,(H3,7,8). The van der Waals surface area contributed by atoms with Gasteiger partial charge in [-0.05, 0) is 7.05 Å². The van der Waals surface area contributed by atoms with Crippen LogP contribution in [0, 0.1) is 5.41 Å². The molecule has 1 unspecified atom stereocenters. The third kappa shape index (κ3) is 1.64. The van der Waals surface area contributed by atoms with E-state index in [1.54, 1.807) is 0 Å². The van der Waals surface area contributed by atoms with Crippen molar-refractivity contribution >= 4 is 17.6 Å². The fourth-order valence-electron chi connectivity index (χ4n) is 1.01. The Bertz CT molecular complexity index is 137. The van der Waals surface area contributed by atoms with Gasteiger partial charge in [0.15, 0.2) is 0 Å². The second-order valence-corrected chi connectivity index (χ2v) is 3.68. The summed E-state index contributed by atoms with van der Waals surface area (Å²) in [6.45, 7) is 1.05. The Morgan fingerprint density at radius 3 is 2.90 bits per heavy atom. The lowest BCUT2D eigenvalue weighted by Gasteiger charge is -2.30. The van der Waals surface area contributed by atoms with Gasteiger partial charge >= 0.3 is 0 Å². The Labute approximate surface area is 65.5 Å². The second-order valence-electron chi connectivity index (χ2n) is 2.53. The van der Waals surface area contributed by atoms with Gasteiger partial charge in [0.2, 0.25) is 0 Å². The molecule has 10 heavy (non-hydrogen) atoms. The summed E-state index contributed by atoms with van der Waals surface area (Å²) in [6, 6.07) is 0.179. The van der Waals surface area contributed by atoms with Crippen LogP contribution >= 0.6 is 11.8 Å². The molecule has 0 aromatic carbocycles. The van der Waals surface area contributed by atoms with Gasteiger partial charge in [-0.25, -0.2) is 0 Å². The summed E-state index contributed by atoms with van der Waals surface area (Å²) in [5.41, 5.74) is 5.39. The van der Waals surface area contributed by atoms with E-state index in [9.17, 15) is 0 Å². The van der Waals surface area contributed by atoms with Crippen molar-refractivity contribution in [3.8, 4) is 0 Å². The molecule has 1 aliphatic heterocycles. The summed E-state index contributed by atoms with van der Waals surface area (Å²) >= 11 is 1.87. The molecule has 0 radical (unpaired) electrons. The molecule has 3 nitrogen and oxygen atoms in total. The Morgan fingerprint density at radius 1 is 1.80 bits per heavy atom. The first-order chi connectivity index (χ1) is 4.72. The Kier molecular flexibility index (Phi) is 2.56. The Morgan fingerprint density at radius 2 is 2.50 bits per heavy atom. The van der Waals surface area contributed by atoms with Gasteiger partial charge in [0, 0.05) is 18.1 Å². The molecule has 4 heteroatoms. The van der Waals surface area contributed by atoms with Crippen molar-refractivity contribution in [1.29, 1.82) is 5.41 Å². The number of likely N-dealkylation sites (N-methyl/N-ethyl adjacent to an activating group) is 1. The van der Waals surface area contributed by atoms with Crippen molar-refractivity contribution in [1.82, 2.24) is 4.90 Å². The minimum absolute atomic E-state index is 0.179. The highest BCUT2D eigenvalue weighted by atomic mass is 32.2. The van der Waals surface area contributed by atoms with Gasteiger partial charge in [0.05, 0.1) is 6.04 Å². The molecule has 0 spiro atoms. The number of rotatable bonds is 1. The molecule has 0 aromatic heterocycles. The van der Waals surface area contributed by atoms with Crippen molar-refractivity contribution in [2.24, 2.45) is 5.73 Å². The van der Waals surface area contributed by atoms with Gasteiger partial charge in [-0.2, -0.15) is 11.8 Å². The molecule has 1 rings (SSSR count). The maximum absolute atomic E-state index is 7.24. The zero-order chi connectivity index (χ0) is 7.56. The Balaban J connectivity index is 2.47. The summed E-state index contributed by atoms with van der Waals surface area (Å²) in [5, 5.41) is 7.24. The van der Waals surface area contributed by atoms with E-state index in [1.165, 1.54) is 5.75 Å². The zero-order valence-corrected chi connectivity index (χ0v) is 6.95. The molecule has 3 N–H and O–H groups in total. The highest BCUT2D eigenvalue weighted by Crippen LogP contribution is 2.13. The first-order valence-electron chi connectivity index (χ1n) is 3.33. The first-order valence-corrected chi connectivity index (χ1v) is 4.49. The first kappa shape index (κ1) is 7.88. The third-order valence-corrected chi connectivity index (χ3v) is 2.78. The molecule has 0 aromatic rings. The van der Waals surface area contributed by atoms with Crippen LogP contribution in [0.4, 0.5) is 0 Å². The van der Waals surface area contributed by atoms with Gasteiger partial charge < -0.3 is 5.73 Å². The van der Waals surface area contributed by atoms with Crippen molar-refractivity contribution in [3.05, 3.63) is 0 Å². The zero-order valence-electron chi connectivity index (χ0n) is 6.13. The average molecular weight is 159 g/mol. The molecule has 0 amide bonds. The molecule has 0 aliphatic carbocycles. The van der Waals surface area contributed by atoms with Crippen LogP contribution in [0.2, 0.25) is 0 Å². The lowest BCUT2D eigenvalue weighted by molar-refractivity contribution is 0.325. The van der Waals surface area contributed by atoms with Crippen LogP contribution < -0.4 is 5.73 Å². The number of hydrogen-bond acceptors (Lipinski definition) is 3. The predicted molar refractivity (Wildman–Crippen MR) is 45.7 cm³/mol. The molecular weight excluding hydrogens is 146 g/mol. The highest BCUT2D eigenvalue weighted by Gasteiger charge is 2.20. The van der Waals surface area contributed by atoms with Crippen molar-refractivity contribution < 1.29 is 0 Å². The number of thioether (sulfide) groups is 1. The molecule has 58 valence electrons. The van der Waals surface area contributed by atoms with Crippen molar-refractivity contribution in [2.75, 3.05) is 25.1 Å². The average Bonchev–Trinajstić information content (AvgIpc) is 1.88. The molecule has 0 saturated carbocycles. The number of nitrogens with zero attached hydrogens (tertiary/aromatic N) is 1. The molecule has 1 aliphatic rings. The molecule has 1 atom stereocenters. The van der Waals surface area contributed by atoms with Crippen molar-refractivity contribution in [3.63, 3.8) is 0 Å². The summed E-state index contributed by atoms with van der Waals surface area (Å²) in [4.78, 5) is 2.14. The minimum atomic E-state index is 0.179. The lowest BCUT2D eigenvalue weighted by Crippen LogP contribution is -2.47. The fourth-order valence-corrected chi connectivity index (χ4v) is 2.25. The summed E-state index contributed by atoms with van der Waals surface area (Å²) in [7, 11) is 2.02. The van der Waals surface area contributed by atoms with Crippen LogP contribution in [0.25, 0.3) is 0 Å². The lowest BCUT2D eigenvalue weighted by atomic mass is 10.3. The monoisotopic (exact) mass is 159 g/mol. The normalized spacial score (nSPS) is 28.3. The molecule has 1 saturated heterocycles. The van der Waals surface area contributed by atoms with Gasteiger partial charge in [-0.1, -0.05) is 0 Å². The van der Waals surface area contributed by atoms with Crippen LogP contribution in [0.5, 0.6) is 0 Å². The van der Waals surface area contributed by atoms with E-state index in [4.69, 9.17) is 11.1 Å². The second kappa shape index (κ2) is 3.25. The van der Waals surface area contributed by atoms with Crippen LogP contribution in [0.15, 0.2) is 0 Å². The topological polar surface area (TPSA) is 53.1 Å². The van der Waals surface area contributed by atoms with E-state index in [0.717, 1.165) is 12.3 Å². The van der Waals surface area contributed by atoms with E-state index < -0.39 is 0 Å². The van der Waals surface area contributed by atoms with Gasteiger partial charge in [0.25, 0.3) is 0 Å². The van der Waals surface area contributed by atoms with Gasteiger partial charge in [-0.3, -0.25) is 10.3 Å². The summed E-state index contributed by atoms with van der Waals surface area (Å²) < 4.78 is 0. The van der Waals surface area contributed by atoms with Crippen molar-refractivity contribution in [2.45, 2.75) is 6.04 Å². The largest absolute Gasteiger partial charge is 0.386 e. The smallest absolute Gasteiger partial charge is 0.109 e. The number of amidine groups is 1. The van der Waals surface area contributed by atoms with Crippen LogP contribution in [0.1, 0.15) is 0 Å². The summed E-state index contributed by atoms with van der Waals surface area (Å²) in [5.74, 6) is 2.45. The SMILES string of the molecule is CN1CCSCC1C(=N)N. The van der Waals surface area contributed by atoms with Crippen LogP contribution in [-0.2, 0) is 0 Å². The fraction of sp³-hybridized carbons (Fsp3) is 0.833. The number of nitrogens with two attached hydrogens (primary N) is 1. The van der Waals surface area contributed by atoms with Gasteiger partial charge in [0.1, 0.15) is 5.84 Å². The predicted octanol–water partition coefficient (Wildman–Crippen LogP) is -0.0304. The summed E-state index contributed by atoms with van der Waals surface area (Å²) in [6.07, 6.45) is 0. The van der Waals surface area contributed by atoms with Crippen LogP contribution in [-0.4, -0.2) is 41.9 Å². The number of nitrogens with one attached hydrogen (secondary N) is 1. The van der Waals surface area contributed by atoms with E-state index in [2.05, 4.69) is 4.90 Å². The number of hydrogen-bond donors (Lipinski definition) is 2. The van der Waals surface area contributed by atoms with Gasteiger partial charge in [-0.15, -0.1) is 0 Å². The van der Waals surface area contributed by atoms with E-state index in [0.29, 0.717) is 5.84 Å². The van der Waals surface area contributed by atoms with E-state index in [-0.39, 0.29) is 6.04 Å². The highest BCUT2D eigenvalue weighted by molar-refractivity contribution is 7.99. The molecule has 1 fully saturated rings. The third-order valence-electron chi connectivity index (χ3n) is 1.76. The van der Waals surface area contributed by atoms with E-state index >= 15 is 0 Å². The molecule has 1 heterocycles. The van der Waals surface area contributed by atoms with E-state index in [1.807, 2.05) is 18.8 Å². The Hall–Kier alpha value is -0.220. The molecular formula is C6H13N3S. The van der Waals surface area contributed by atoms with Crippen LogP contribution in [0.3, 0.4) is 0 Å². The maximum Gasteiger partial charge on any atom is 0.109 e. The molecule has 0 bridgehead atoms. The quantitative estimate of drug-likeness (QED) is 0.417.